The molecular formula is C23H25Cl2N3O6. The Kier molecular flexibility index (Phi) is 9.00. The molecule has 4 N–H and O–H groups in total. The van der Waals surface area contributed by atoms with E-state index >= 15 is 0 Å². The number of hydrogen-bond donors (Lipinski definition) is 4. The number of aromatic amines is 1. The minimum atomic E-state index is -1.82. The number of rotatable bonds is 6. The third-order valence-electron chi connectivity index (χ3n) is 5.28. The monoisotopic (exact) mass is 509 g/mol. The van der Waals surface area contributed by atoms with E-state index in [2.05, 4.69) is 14.8 Å². The zero-order valence-electron chi connectivity index (χ0n) is 18.2. The predicted molar refractivity (Wildman–Crippen MR) is 130 cm³/mol. The summed E-state index contributed by atoms with van der Waals surface area (Å²) in [6, 6.07) is 13.6. The fourth-order valence-electron chi connectivity index (χ4n) is 3.59. The average molecular weight is 510 g/mol. The van der Waals surface area contributed by atoms with Crippen molar-refractivity contribution in [3.63, 3.8) is 0 Å². The van der Waals surface area contributed by atoms with E-state index in [1.54, 1.807) is 0 Å². The Morgan fingerprint density at radius 2 is 1.71 bits per heavy atom. The number of carboxylic acid groups (broad SMARTS) is 2. The molecule has 34 heavy (non-hydrogen) atoms. The molecule has 1 aliphatic rings. The van der Waals surface area contributed by atoms with Crippen LogP contribution in [0.15, 0.2) is 48.7 Å². The zero-order chi connectivity index (χ0) is 24.7. The number of aliphatic carboxylic acids is 2. The van der Waals surface area contributed by atoms with Gasteiger partial charge in [-0.15, -0.1) is 0 Å². The van der Waals surface area contributed by atoms with Crippen LogP contribution in [-0.4, -0.2) is 82.6 Å². The number of halogens is 2. The molecule has 2 aromatic carbocycles. The highest BCUT2D eigenvalue weighted by Crippen LogP contribution is 2.28. The number of nitrogens with zero attached hydrogens (tertiary/aromatic N) is 2. The third-order valence-corrected chi connectivity index (χ3v) is 6.02. The van der Waals surface area contributed by atoms with Crippen LogP contribution in [0, 0.1) is 0 Å². The van der Waals surface area contributed by atoms with Crippen LogP contribution in [0.25, 0.3) is 10.9 Å². The number of benzene rings is 2. The number of ether oxygens (including phenoxy) is 1. The van der Waals surface area contributed by atoms with Gasteiger partial charge in [-0.3, -0.25) is 4.90 Å². The van der Waals surface area contributed by atoms with Gasteiger partial charge in [0.15, 0.2) is 0 Å². The summed E-state index contributed by atoms with van der Waals surface area (Å²) in [6.07, 6.45) is 1.35. The molecule has 1 atom stereocenters. The molecular weight excluding hydrogens is 485 g/mol. The number of aliphatic hydroxyl groups is 1. The number of aromatic nitrogens is 1. The van der Waals surface area contributed by atoms with E-state index in [-0.39, 0.29) is 6.61 Å². The van der Waals surface area contributed by atoms with Gasteiger partial charge in [0.05, 0.1) is 10.0 Å². The number of anilines is 1. The predicted octanol–water partition coefficient (Wildman–Crippen LogP) is 3.19. The van der Waals surface area contributed by atoms with Gasteiger partial charge in [-0.1, -0.05) is 29.3 Å². The number of hydrogen-bond acceptors (Lipinski definition) is 6. The van der Waals surface area contributed by atoms with Crippen LogP contribution in [0.1, 0.15) is 0 Å². The summed E-state index contributed by atoms with van der Waals surface area (Å²) in [5.41, 5.74) is 2.11. The summed E-state index contributed by atoms with van der Waals surface area (Å²) in [6.45, 7) is 4.40. The summed E-state index contributed by atoms with van der Waals surface area (Å²) >= 11 is 12.1. The first-order valence-electron chi connectivity index (χ1n) is 10.5. The van der Waals surface area contributed by atoms with Crippen LogP contribution in [0.4, 0.5) is 5.69 Å². The highest BCUT2D eigenvalue weighted by molar-refractivity contribution is 6.42. The Balaban J connectivity index is 0.000000481. The van der Waals surface area contributed by atoms with E-state index in [0.29, 0.717) is 16.6 Å². The zero-order valence-corrected chi connectivity index (χ0v) is 19.7. The van der Waals surface area contributed by atoms with Crippen LogP contribution in [-0.2, 0) is 9.59 Å². The third kappa shape index (κ3) is 7.01. The molecule has 1 aromatic heterocycles. The molecule has 4 rings (SSSR count). The minimum absolute atomic E-state index is 0.275. The molecule has 0 spiro atoms. The maximum atomic E-state index is 10.4. The molecule has 182 valence electrons. The number of β-amino-alcohol motifs (C(OH)–C–C–N with tert-alkyl or cyclic N) is 1. The normalized spacial score (nSPS) is 14.9. The van der Waals surface area contributed by atoms with Gasteiger partial charge in [0.1, 0.15) is 18.5 Å². The molecule has 1 fully saturated rings. The Labute approximate surface area is 206 Å². The lowest BCUT2D eigenvalue weighted by molar-refractivity contribution is -0.159. The Morgan fingerprint density at radius 1 is 1.00 bits per heavy atom. The second-order valence-electron chi connectivity index (χ2n) is 7.66. The SMILES string of the molecule is O=C(O)C(=O)O.O[C@H](COc1cccc2[nH]ccc12)CN1CCN(c2ccc(Cl)c(Cl)c2)CC1. The molecule has 1 aliphatic heterocycles. The van der Waals surface area contributed by atoms with E-state index in [0.717, 1.165) is 48.5 Å². The second kappa shape index (κ2) is 11.9. The van der Waals surface area contributed by atoms with Crippen LogP contribution >= 0.6 is 23.2 Å². The Morgan fingerprint density at radius 3 is 2.35 bits per heavy atom. The fourth-order valence-corrected chi connectivity index (χ4v) is 3.88. The van der Waals surface area contributed by atoms with E-state index < -0.39 is 18.0 Å². The van der Waals surface area contributed by atoms with Crippen molar-refractivity contribution in [2.75, 3.05) is 44.2 Å². The number of fused-ring (bicyclic) bond motifs is 1. The van der Waals surface area contributed by atoms with Crippen molar-refractivity contribution >= 4 is 51.7 Å². The number of H-pyrrole nitrogens is 1. The lowest BCUT2D eigenvalue weighted by atomic mass is 10.2. The standard InChI is InChI=1S/C21H23Cl2N3O2.C2H2O4/c22-18-5-4-15(12-19(18)23)26-10-8-25(9-11-26)13-16(27)14-28-21-3-1-2-20-17(21)6-7-24-20;3-1(4)2(5)6/h1-7,12,16,24,27H,8-11,13-14H2;(H,3,4)(H,5,6)/t16-;/m0./s1. The molecule has 0 saturated carbocycles. The van der Waals surface area contributed by atoms with Crippen molar-refractivity contribution in [2.24, 2.45) is 0 Å². The summed E-state index contributed by atoms with van der Waals surface area (Å²) in [4.78, 5) is 25.9. The van der Waals surface area contributed by atoms with Crippen LogP contribution in [0.3, 0.4) is 0 Å². The topological polar surface area (TPSA) is 126 Å². The van der Waals surface area contributed by atoms with Gasteiger partial charge in [0, 0.05) is 55.5 Å². The van der Waals surface area contributed by atoms with E-state index in [9.17, 15) is 5.11 Å². The largest absolute Gasteiger partial charge is 0.490 e. The Bertz CT molecular complexity index is 1120. The van der Waals surface area contributed by atoms with Crippen LogP contribution in [0.5, 0.6) is 5.75 Å². The minimum Gasteiger partial charge on any atom is -0.490 e. The van der Waals surface area contributed by atoms with Gasteiger partial charge in [-0.2, -0.15) is 0 Å². The first kappa shape index (κ1) is 25.6. The van der Waals surface area contributed by atoms with Crippen molar-refractivity contribution in [3.8, 4) is 5.75 Å². The average Bonchev–Trinajstić information content (AvgIpc) is 3.30. The summed E-state index contributed by atoms with van der Waals surface area (Å²) in [7, 11) is 0. The van der Waals surface area contributed by atoms with E-state index in [1.165, 1.54) is 0 Å². The Hall–Kier alpha value is -2.98. The first-order valence-corrected chi connectivity index (χ1v) is 11.3. The summed E-state index contributed by atoms with van der Waals surface area (Å²) in [5, 5.41) is 27.4. The van der Waals surface area contributed by atoms with E-state index in [1.807, 2.05) is 48.7 Å². The highest BCUT2D eigenvalue weighted by atomic mass is 35.5. The smallest absolute Gasteiger partial charge is 0.414 e. The van der Waals surface area contributed by atoms with Crippen LogP contribution < -0.4 is 9.64 Å². The maximum Gasteiger partial charge on any atom is 0.414 e. The molecule has 0 radical (unpaired) electrons. The molecule has 3 aromatic rings. The molecule has 1 saturated heterocycles. The van der Waals surface area contributed by atoms with Crippen molar-refractivity contribution in [3.05, 3.63) is 58.7 Å². The van der Waals surface area contributed by atoms with Gasteiger partial charge in [0.2, 0.25) is 0 Å². The number of nitrogens with one attached hydrogen (secondary N) is 1. The van der Waals surface area contributed by atoms with E-state index in [4.69, 9.17) is 47.7 Å². The molecule has 0 aliphatic carbocycles. The lowest BCUT2D eigenvalue weighted by Crippen LogP contribution is -2.49. The molecule has 0 unspecified atom stereocenters. The van der Waals surface area contributed by atoms with Gasteiger partial charge < -0.3 is 29.9 Å². The molecule has 9 nitrogen and oxygen atoms in total. The number of carbonyl (C=O) groups is 2. The molecule has 0 bridgehead atoms. The van der Waals surface area contributed by atoms with Crippen molar-refractivity contribution in [2.45, 2.75) is 6.10 Å². The molecule has 11 heteroatoms. The second-order valence-corrected chi connectivity index (χ2v) is 8.47. The van der Waals surface area contributed by atoms with Crippen molar-refractivity contribution < 1.29 is 29.6 Å². The molecule has 0 amide bonds. The fraction of sp³-hybridized carbons (Fsp3) is 0.304. The van der Waals surface area contributed by atoms with Crippen LogP contribution in [0.2, 0.25) is 10.0 Å². The number of piperazine rings is 1. The lowest BCUT2D eigenvalue weighted by Gasteiger charge is -2.37. The number of aliphatic hydroxyl groups excluding tert-OH is 1. The van der Waals surface area contributed by atoms with Gasteiger partial charge >= 0.3 is 11.9 Å². The van der Waals surface area contributed by atoms with Gasteiger partial charge in [-0.05, 0) is 36.4 Å². The van der Waals surface area contributed by atoms with Crippen molar-refractivity contribution in [1.29, 1.82) is 0 Å². The van der Waals surface area contributed by atoms with Crippen molar-refractivity contribution in [1.82, 2.24) is 9.88 Å². The maximum absolute atomic E-state index is 10.4. The highest BCUT2D eigenvalue weighted by Gasteiger charge is 2.20. The molecule has 2 heterocycles. The quantitative estimate of drug-likeness (QED) is 0.373. The van der Waals surface area contributed by atoms with Gasteiger partial charge in [0.25, 0.3) is 0 Å². The first-order chi connectivity index (χ1) is 16.2. The number of carboxylic acids is 2. The van der Waals surface area contributed by atoms with Gasteiger partial charge in [-0.25, -0.2) is 9.59 Å². The summed E-state index contributed by atoms with van der Waals surface area (Å²) < 4.78 is 5.86. The summed E-state index contributed by atoms with van der Waals surface area (Å²) in [5.74, 6) is -2.85.